The molecule has 1 aromatic rings. The maximum absolute atomic E-state index is 13.4. The third-order valence-electron chi connectivity index (χ3n) is 2.28. The highest BCUT2D eigenvalue weighted by Crippen LogP contribution is 2.31. The van der Waals surface area contributed by atoms with Crippen molar-refractivity contribution < 1.29 is 14.2 Å². The molecule has 0 unspecified atom stereocenters. The Morgan fingerprint density at radius 3 is 2.64 bits per heavy atom. The molecular formula is C10H8FNO2. The van der Waals surface area contributed by atoms with Crippen LogP contribution in [0.15, 0.2) is 18.2 Å². The van der Waals surface area contributed by atoms with Gasteiger partial charge in [-0.3, -0.25) is 0 Å². The molecule has 0 aromatic heterocycles. The molecule has 0 atom stereocenters. The average Bonchev–Trinajstić information content (AvgIpc) is 2.14. The van der Waals surface area contributed by atoms with Gasteiger partial charge in [0, 0.05) is 5.56 Å². The summed E-state index contributed by atoms with van der Waals surface area (Å²) in [7, 11) is 0. The van der Waals surface area contributed by atoms with E-state index in [0.717, 1.165) is 6.07 Å². The van der Waals surface area contributed by atoms with Gasteiger partial charge in [-0.25, -0.2) is 4.39 Å². The first-order valence-corrected chi connectivity index (χ1v) is 4.16. The third kappa shape index (κ3) is 1.27. The van der Waals surface area contributed by atoms with Gasteiger partial charge in [0.05, 0.1) is 24.8 Å². The summed E-state index contributed by atoms with van der Waals surface area (Å²) in [4.78, 5) is 0. The molecule has 14 heavy (non-hydrogen) atoms. The van der Waals surface area contributed by atoms with E-state index in [1.165, 1.54) is 12.1 Å². The maximum atomic E-state index is 13.4. The van der Waals surface area contributed by atoms with Crippen LogP contribution in [-0.2, 0) is 10.3 Å². The lowest BCUT2D eigenvalue weighted by molar-refractivity contribution is -0.186. The van der Waals surface area contributed by atoms with Crippen LogP contribution in [0.1, 0.15) is 11.1 Å². The molecular weight excluding hydrogens is 185 g/mol. The van der Waals surface area contributed by atoms with Crippen LogP contribution in [0.2, 0.25) is 0 Å². The van der Waals surface area contributed by atoms with Crippen molar-refractivity contribution in [3.63, 3.8) is 0 Å². The van der Waals surface area contributed by atoms with E-state index in [1.807, 2.05) is 6.07 Å². The van der Waals surface area contributed by atoms with Gasteiger partial charge < -0.3 is 9.84 Å². The number of nitriles is 1. The van der Waals surface area contributed by atoms with Crippen LogP contribution >= 0.6 is 0 Å². The van der Waals surface area contributed by atoms with E-state index < -0.39 is 11.4 Å². The first kappa shape index (κ1) is 9.13. The molecule has 1 heterocycles. The van der Waals surface area contributed by atoms with Crippen molar-refractivity contribution in [1.29, 1.82) is 5.26 Å². The fourth-order valence-corrected chi connectivity index (χ4v) is 1.41. The minimum absolute atomic E-state index is 0.107. The summed E-state index contributed by atoms with van der Waals surface area (Å²) >= 11 is 0. The fourth-order valence-electron chi connectivity index (χ4n) is 1.41. The highest BCUT2D eigenvalue weighted by molar-refractivity contribution is 5.36. The number of aliphatic hydroxyl groups is 1. The van der Waals surface area contributed by atoms with E-state index >= 15 is 0 Å². The van der Waals surface area contributed by atoms with Crippen LogP contribution in [0, 0.1) is 17.1 Å². The summed E-state index contributed by atoms with van der Waals surface area (Å²) in [6, 6.07) is 5.85. The van der Waals surface area contributed by atoms with Crippen LogP contribution in [0.5, 0.6) is 0 Å². The third-order valence-corrected chi connectivity index (χ3v) is 2.28. The lowest BCUT2D eigenvalue weighted by atomic mass is 9.91. The molecule has 1 aliphatic rings. The maximum Gasteiger partial charge on any atom is 0.139 e. The van der Waals surface area contributed by atoms with Crippen LogP contribution in [-0.4, -0.2) is 18.3 Å². The van der Waals surface area contributed by atoms with Crippen LogP contribution in [0.4, 0.5) is 4.39 Å². The number of ether oxygens (including phenoxy) is 1. The lowest BCUT2D eigenvalue weighted by Gasteiger charge is -2.36. The van der Waals surface area contributed by atoms with Crippen molar-refractivity contribution in [2.45, 2.75) is 5.60 Å². The highest BCUT2D eigenvalue weighted by atomic mass is 19.1. The molecule has 0 amide bonds. The molecule has 0 aliphatic carbocycles. The Hall–Kier alpha value is -1.44. The largest absolute Gasteiger partial charge is 0.380 e. The fraction of sp³-hybridized carbons (Fsp3) is 0.300. The topological polar surface area (TPSA) is 53.2 Å². The normalized spacial score (nSPS) is 18.4. The van der Waals surface area contributed by atoms with E-state index in [1.54, 1.807) is 0 Å². The van der Waals surface area contributed by atoms with Crippen LogP contribution in [0.25, 0.3) is 0 Å². The Kier molecular flexibility index (Phi) is 1.99. The molecule has 0 radical (unpaired) electrons. The second-order valence-electron chi connectivity index (χ2n) is 3.33. The Bertz CT molecular complexity index is 407. The van der Waals surface area contributed by atoms with Gasteiger partial charge in [0.1, 0.15) is 11.4 Å². The van der Waals surface area contributed by atoms with Crippen molar-refractivity contribution in [2.75, 3.05) is 13.2 Å². The minimum atomic E-state index is -1.21. The van der Waals surface area contributed by atoms with Crippen molar-refractivity contribution >= 4 is 0 Å². The molecule has 1 aromatic carbocycles. The first-order chi connectivity index (χ1) is 6.65. The van der Waals surface area contributed by atoms with Crippen molar-refractivity contribution in [3.05, 3.63) is 35.1 Å². The summed E-state index contributed by atoms with van der Waals surface area (Å²) in [6.45, 7) is 0.214. The number of halogens is 1. The van der Waals surface area contributed by atoms with Crippen molar-refractivity contribution in [2.24, 2.45) is 0 Å². The highest BCUT2D eigenvalue weighted by Gasteiger charge is 2.40. The second-order valence-corrected chi connectivity index (χ2v) is 3.33. The Morgan fingerprint density at radius 1 is 1.50 bits per heavy atom. The predicted octanol–water partition coefficient (Wildman–Crippen LogP) is 0.915. The van der Waals surface area contributed by atoms with Crippen LogP contribution in [0.3, 0.4) is 0 Å². The van der Waals surface area contributed by atoms with E-state index in [9.17, 15) is 9.50 Å². The van der Waals surface area contributed by atoms with Gasteiger partial charge in [0.15, 0.2) is 0 Å². The second kappa shape index (κ2) is 3.05. The zero-order valence-electron chi connectivity index (χ0n) is 7.33. The standard InChI is InChI=1S/C10H8FNO2/c11-9-3-7(4-12)1-2-8(9)10(13)5-14-6-10/h1-3,13H,5-6H2. The van der Waals surface area contributed by atoms with Gasteiger partial charge in [0.25, 0.3) is 0 Å². The molecule has 2 rings (SSSR count). The minimum Gasteiger partial charge on any atom is -0.380 e. The molecule has 1 fully saturated rings. The molecule has 72 valence electrons. The zero-order valence-corrected chi connectivity index (χ0v) is 7.33. The Morgan fingerprint density at radius 2 is 2.21 bits per heavy atom. The number of rotatable bonds is 1. The predicted molar refractivity (Wildman–Crippen MR) is 45.8 cm³/mol. The monoisotopic (exact) mass is 193 g/mol. The van der Waals surface area contributed by atoms with Gasteiger partial charge >= 0.3 is 0 Å². The van der Waals surface area contributed by atoms with Gasteiger partial charge in [-0.1, -0.05) is 6.07 Å². The van der Waals surface area contributed by atoms with Gasteiger partial charge in [-0.15, -0.1) is 0 Å². The molecule has 3 nitrogen and oxygen atoms in total. The van der Waals surface area contributed by atoms with Gasteiger partial charge in [-0.05, 0) is 12.1 Å². The smallest absolute Gasteiger partial charge is 0.139 e. The molecule has 1 aliphatic heterocycles. The molecule has 1 N–H and O–H groups in total. The van der Waals surface area contributed by atoms with Crippen molar-refractivity contribution in [3.8, 4) is 6.07 Å². The van der Waals surface area contributed by atoms with Gasteiger partial charge in [0.2, 0.25) is 0 Å². The summed E-state index contributed by atoms with van der Waals surface area (Å²) < 4.78 is 18.2. The number of nitrogens with zero attached hydrogens (tertiary/aromatic N) is 1. The quantitative estimate of drug-likeness (QED) is 0.721. The summed E-state index contributed by atoms with van der Waals surface area (Å²) in [5.74, 6) is -0.560. The van der Waals surface area contributed by atoms with Gasteiger partial charge in [-0.2, -0.15) is 5.26 Å². The zero-order chi connectivity index (χ0) is 10.2. The van der Waals surface area contributed by atoms with Crippen LogP contribution < -0.4 is 0 Å². The lowest BCUT2D eigenvalue weighted by Crippen LogP contribution is -2.47. The SMILES string of the molecule is N#Cc1ccc(C2(O)COC2)c(F)c1. The van der Waals surface area contributed by atoms with E-state index in [4.69, 9.17) is 10.00 Å². The summed E-state index contributed by atoms with van der Waals surface area (Å²) in [5.41, 5.74) is -0.768. The number of hydrogen-bond acceptors (Lipinski definition) is 3. The number of hydrogen-bond donors (Lipinski definition) is 1. The molecule has 0 bridgehead atoms. The number of benzene rings is 1. The summed E-state index contributed by atoms with van der Waals surface area (Å²) in [5, 5.41) is 18.3. The average molecular weight is 193 g/mol. The molecule has 1 saturated heterocycles. The molecule has 0 spiro atoms. The first-order valence-electron chi connectivity index (χ1n) is 4.16. The Balaban J connectivity index is 2.41. The molecule has 4 heteroatoms. The van der Waals surface area contributed by atoms with E-state index in [2.05, 4.69) is 0 Å². The van der Waals surface area contributed by atoms with E-state index in [-0.39, 0.29) is 24.3 Å². The summed E-state index contributed by atoms with van der Waals surface area (Å²) in [6.07, 6.45) is 0. The van der Waals surface area contributed by atoms with Crippen molar-refractivity contribution in [1.82, 2.24) is 0 Å². The Labute approximate surface area is 80.4 Å². The molecule has 0 saturated carbocycles. The van der Waals surface area contributed by atoms with E-state index in [0.29, 0.717) is 0 Å².